The fourth-order valence-electron chi connectivity index (χ4n) is 2.03. The third-order valence-corrected chi connectivity index (χ3v) is 5.53. The summed E-state index contributed by atoms with van der Waals surface area (Å²) in [6.07, 6.45) is 1.30. The summed E-state index contributed by atoms with van der Waals surface area (Å²) in [7, 11) is -3.07. The molecule has 0 aromatic heterocycles. The van der Waals surface area contributed by atoms with Crippen LogP contribution in [0.5, 0.6) is 5.75 Å². The highest BCUT2D eigenvalue weighted by Gasteiger charge is 2.20. The van der Waals surface area contributed by atoms with Gasteiger partial charge in [0.2, 0.25) is 0 Å². The predicted molar refractivity (Wildman–Crippen MR) is 73.5 cm³/mol. The van der Waals surface area contributed by atoms with E-state index in [0.717, 1.165) is 17.5 Å². The van der Waals surface area contributed by atoms with Crippen molar-refractivity contribution in [3.05, 3.63) is 29.3 Å². The van der Waals surface area contributed by atoms with Gasteiger partial charge in [0.1, 0.15) is 12.4 Å². The largest absolute Gasteiger partial charge is 0.493 e. The smallest absolute Gasteiger partial charge is 0.163 e. The molecule has 19 heavy (non-hydrogen) atoms. The minimum atomic E-state index is -3.07. The summed E-state index contributed by atoms with van der Waals surface area (Å²) in [5.74, 6) is 0.817. The molecule has 5 heteroatoms. The Bertz CT molecular complexity index is 587. The van der Waals surface area contributed by atoms with Gasteiger partial charge in [-0.25, -0.2) is 8.42 Å². The monoisotopic (exact) mass is 282 g/mol. The molecular weight excluding hydrogens is 264 g/mol. The SMILES string of the molecule is CC(C)S(=O)(=O)CCOc1ccc2c(c1)CCC2=O. The maximum absolute atomic E-state index is 11.6. The molecule has 0 aliphatic heterocycles. The number of rotatable bonds is 5. The van der Waals surface area contributed by atoms with E-state index in [2.05, 4.69) is 0 Å². The normalized spacial score (nSPS) is 14.8. The van der Waals surface area contributed by atoms with E-state index in [0.29, 0.717) is 12.2 Å². The highest BCUT2D eigenvalue weighted by Crippen LogP contribution is 2.26. The minimum absolute atomic E-state index is 0.0146. The molecule has 104 valence electrons. The zero-order valence-electron chi connectivity index (χ0n) is 11.2. The summed E-state index contributed by atoms with van der Waals surface area (Å²) in [5.41, 5.74) is 1.76. The summed E-state index contributed by atoms with van der Waals surface area (Å²) in [6, 6.07) is 5.32. The molecule has 4 nitrogen and oxygen atoms in total. The molecule has 2 rings (SSSR count). The number of ketones is 1. The first kappa shape index (κ1) is 14.1. The van der Waals surface area contributed by atoms with Gasteiger partial charge in [-0.3, -0.25) is 4.79 Å². The molecule has 1 aliphatic rings. The van der Waals surface area contributed by atoms with Crippen molar-refractivity contribution in [2.45, 2.75) is 31.9 Å². The third kappa shape index (κ3) is 3.15. The second-order valence-electron chi connectivity index (χ2n) is 5.01. The van der Waals surface area contributed by atoms with Crippen LogP contribution >= 0.6 is 0 Å². The third-order valence-electron chi connectivity index (χ3n) is 3.35. The van der Waals surface area contributed by atoms with Gasteiger partial charge in [-0.15, -0.1) is 0 Å². The number of sulfone groups is 1. The molecule has 0 saturated heterocycles. The topological polar surface area (TPSA) is 60.4 Å². The highest BCUT2D eigenvalue weighted by atomic mass is 32.2. The van der Waals surface area contributed by atoms with Crippen molar-refractivity contribution >= 4 is 15.6 Å². The van der Waals surface area contributed by atoms with Crippen LogP contribution in [-0.2, 0) is 16.3 Å². The van der Waals surface area contributed by atoms with Gasteiger partial charge in [-0.05, 0) is 44.0 Å². The van der Waals surface area contributed by atoms with Gasteiger partial charge in [0.25, 0.3) is 0 Å². The van der Waals surface area contributed by atoms with Gasteiger partial charge in [0, 0.05) is 12.0 Å². The summed E-state index contributed by atoms with van der Waals surface area (Å²) in [6.45, 7) is 3.47. The molecule has 1 aromatic carbocycles. The molecule has 0 fully saturated rings. The van der Waals surface area contributed by atoms with Gasteiger partial charge < -0.3 is 4.74 Å². The van der Waals surface area contributed by atoms with Crippen molar-refractivity contribution in [1.82, 2.24) is 0 Å². The highest BCUT2D eigenvalue weighted by molar-refractivity contribution is 7.91. The zero-order chi connectivity index (χ0) is 14.0. The fourth-order valence-corrected chi connectivity index (χ4v) is 2.82. The lowest BCUT2D eigenvalue weighted by Crippen LogP contribution is -2.22. The summed E-state index contributed by atoms with van der Waals surface area (Å²) in [4.78, 5) is 11.5. The maximum Gasteiger partial charge on any atom is 0.163 e. The molecule has 1 aliphatic carbocycles. The average molecular weight is 282 g/mol. The number of fused-ring (bicyclic) bond motifs is 1. The molecule has 0 spiro atoms. The zero-order valence-corrected chi connectivity index (χ0v) is 12.0. The Labute approximate surface area is 113 Å². The van der Waals surface area contributed by atoms with Crippen molar-refractivity contribution in [2.75, 3.05) is 12.4 Å². The van der Waals surface area contributed by atoms with Crippen LogP contribution in [0.3, 0.4) is 0 Å². The molecule has 0 saturated carbocycles. The van der Waals surface area contributed by atoms with Crippen LogP contribution in [0.2, 0.25) is 0 Å². The second-order valence-corrected chi connectivity index (χ2v) is 7.68. The lowest BCUT2D eigenvalue weighted by Gasteiger charge is -2.10. The van der Waals surface area contributed by atoms with Crippen LogP contribution in [-0.4, -0.2) is 31.8 Å². The summed E-state index contributed by atoms with van der Waals surface area (Å²) >= 11 is 0. The molecule has 0 radical (unpaired) electrons. The number of carbonyl (C=O) groups excluding carboxylic acids is 1. The Morgan fingerprint density at radius 3 is 2.68 bits per heavy atom. The van der Waals surface area contributed by atoms with Crippen LogP contribution < -0.4 is 4.74 Å². The fraction of sp³-hybridized carbons (Fsp3) is 0.500. The summed E-state index contributed by atoms with van der Waals surface area (Å²) in [5, 5.41) is -0.381. The Morgan fingerprint density at radius 1 is 1.26 bits per heavy atom. The standard InChI is InChI=1S/C14H18O4S/c1-10(2)19(16,17)8-7-18-12-4-5-13-11(9-12)3-6-14(13)15/h4-5,9-10H,3,6-8H2,1-2H3. The second kappa shape index (κ2) is 5.33. The lowest BCUT2D eigenvalue weighted by molar-refractivity contribution is 0.0994. The van der Waals surface area contributed by atoms with Gasteiger partial charge in [0.05, 0.1) is 11.0 Å². The van der Waals surface area contributed by atoms with Crippen molar-refractivity contribution in [3.63, 3.8) is 0 Å². The Balaban J connectivity index is 1.97. The van der Waals surface area contributed by atoms with Crippen molar-refractivity contribution < 1.29 is 17.9 Å². The first-order chi connectivity index (χ1) is 8.90. The number of aryl methyl sites for hydroxylation is 1. The molecule has 0 atom stereocenters. The van der Waals surface area contributed by atoms with E-state index in [1.54, 1.807) is 26.0 Å². The van der Waals surface area contributed by atoms with E-state index < -0.39 is 9.84 Å². The average Bonchev–Trinajstić information content (AvgIpc) is 2.70. The quantitative estimate of drug-likeness (QED) is 0.829. The predicted octanol–water partition coefficient (Wildman–Crippen LogP) is 2.02. The molecule has 0 amide bonds. The first-order valence-electron chi connectivity index (χ1n) is 6.40. The van der Waals surface area contributed by atoms with Crippen molar-refractivity contribution in [1.29, 1.82) is 0 Å². The van der Waals surface area contributed by atoms with Crippen LogP contribution in [0.1, 0.15) is 36.2 Å². The van der Waals surface area contributed by atoms with Crippen LogP contribution in [0.25, 0.3) is 0 Å². The van der Waals surface area contributed by atoms with Crippen molar-refractivity contribution in [2.24, 2.45) is 0 Å². The lowest BCUT2D eigenvalue weighted by atomic mass is 10.1. The molecule has 0 bridgehead atoms. The number of Topliss-reactive ketones (excluding diaryl/α,β-unsaturated/α-hetero) is 1. The maximum atomic E-state index is 11.6. The van der Waals surface area contributed by atoms with E-state index in [-0.39, 0.29) is 23.4 Å². The molecule has 0 unspecified atom stereocenters. The number of benzene rings is 1. The van der Waals surface area contributed by atoms with E-state index in [9.17, 15) is 13.2 Å². The first-order valence-corrected chi connectivity index (χ1v) is 8.12. The van der Waals surface area contributed by atoms with Gasteiger partial charge in [-0.1, -0.05) is 0 Å². The molecular formula is C14H18O4S. The molecule has 0 heterocycles. The Morgan fingerprint density at radius 2 is 2.00 bits per heavy atom. The van der Waals surface area contributed by atoms with Crippen LogP contribution in [0.4, 0.5) is 0 Å². The summed E-state index contributed by atoms with van der Waals surface area (Å²) < 4.78 is 28.7. The van der Waals surface area contributed by atoms with E-state index in [1.807, 2.05) is 6.07 Å². The van der Waals surface area contributed by atoms with E-state index in [4.69, 9.17) is 4.74 Å². The van der Waals surface area contributed by atoms with Gasteiger partial charge >= 0.3 is 0 Å². The van der Waals surface area contributed by atoms with Crippen LogP contribution in [0.15, 0.2) is 18.2 Å². The number of hydrogen-bond donors (Lipinski definition) is 0. The van der Waals surface area contributed by atoms with E-state index >= 15 is 0 Å². The molecule has 0 N–H and O–H groups in total. The van der Waals surface area contributed by atoms with Gasteiger partial charge in [-0.2, -0.15) is 0 Å². The van der Waals surface area contributed by atoms with E-state index in [1.165, 1.54) is 0 Å². The van der Waals surface area contributed by atoms with Crippen LogP contribution in [0, 0.1) is 0 Å². The van der Waals surface area contributed by atoms with Crippen molar-refractivity contribution in [3.8, 4) is 5.75 Å². The number of carbonyl (C=O) groups is 1. The Kier molecular flexibility index (Phi) is 3.94. The number of ether oxygens (including phenoxy) is 1. The van der Waals surface area contributed by atoms with Gasteiger partial charge in [0.15, 0.2) is 15.6 Å². The minimum Gasteiger partial charge on any atom is -0.493 e. The number of hydrogen-bond acceptors (Lipinski definition) is 4. The molecule has 1 aromatic rings. The Hall–Kier alpha value is -1.36.